The highest BCUT2D eigenvalue weighted by Crippen LogP contribution is 2.12. The number of para-hydroxylation sites is 1. The lowest BCUT2D eigenvalue weighted by Crippen LogP contribution is -2.44. The zero-order chi connectivity index (χ0) is 13.8. The van der Waals surface area contributed by atoms with E-state index in [0.29, 0.717) is 5.69 Å². The Morgan fingerprint density at radius 3 is 2.44 bits per heavy atom. The molecule has 0 unspecified atom stereocenters. The first-order valence-corrected chi connectivity index (χ1v) is 6.96. The van der Waals surface area contributed by atoms with Gasteiger partial charge in [-0.15, -0.1) is 0 Å². The third-order valence-electron chi connectivity index (χ3n) is 2.07. The van der Waals surface area contributed by atoms with Crippen molar-refractivity contribution in [2.45, 2.75) is 12.5 Å². The summed E-state index contributed by atoms with van der Waals surface area (Å²) in [6, 6.07) is 8.51. The average Bonchev–Trinajstić information content (AvgIpc) is 2.27. The summed E-state index contributed by atoms with van der Waals surface area (Å²) in [4.78, 5) is 11.7. The molecule has 0 aliphatic heterocycles. The van der Waals surface area contributed by atoms with Gasteiger partial charge >= 0.3 is 0 Å². The SMILES string of the molecule is C[C@](O)(COS(C)(=O)=O)C(=O)Nc1ccccc1. The third kappa shape index (κ3) is 4.82. The maximum absolute atomic E-state index is 11.7. The first-order chi connectivity index (χ1) is 8.21. The van der Waals surface area contributed by atoms with Crippen LogP contribution in [-0.4, -0.2) is 37.9 Å². The fourth-order valence-corrected chi connectivity index (χ4v) is 1.52. The number of carbonyl (C=O) groups excluding carboxylic acids is 1. The van der Waals surface area contributed by atoms with Gasteiger partial charge in [-0.3, -0.25) is 8.98 Å². The molecule has 1 rings (SSSR count). The van der Waals surface area contributed by atoms with E-state index in [-0.39, 0.29) is 0 Å². The second-order valence-electron chi connectivity index (χ2n) is 4.06. The smallest absolute Gasteiger partial charge is 0.264 e. The van der Waals surface area contributed by atoms with Gasteiger partial charge in [-0.2, -0.15) is 8.42 Å². The van der Waals surface area contributed by atoms with Crippen molar-refractivity contribution in [1.82, 2.24) is 0 Å². The Morgan fingerprint density at radius 2 is 1.94 bits per heavy atom. The van der Waals surface area contributed by atoms with Crippen LogP contribution in [0, 0.1) is 0 Å². The van der Waals surface area contributed by atoms with E-state index in [2.05, 4.69) is 9.50 Å². The number of benzene rings is 1. The topological polar surface area (TPSA) is 92.7 Å². The van der Waals surface area contributed by atoms with Crippen molar-refractivity contribution in [1.29, 1.82) is 0 Å². The number of hydrogen-bond acceptors (Lipinski definition) is 5. The zero-order valence-electron chi connectivity index (χ0n) is 10.1. The Bertz CT molecular complexity index is 509. The van der Waals surface area contributed by atoms with Gasteiger partial charge in [-0.05, 0) is 19.1 Å². The molecule has 2 N–H and O–H groups in total. The van der Waals surface area contributed by atoms with Crippen LogP contribution in [0.5, 0.6) is 0 Å². The van der Waals surface area contributed by atoms with E-state index in [4.69, 9.17) is 0 Å². The molecule has 0 aliphatic rings. The number of amides is 1. The predicted molar refractivity (Wildman–Crippen MR) is 66.5 cm³/mol. The molecule has 0 aromatic heterocycles. The van der Waals surface area contributed by atoms with Crippen LogP contribution in [0.4, 0.5) is 5.69 Å². The summed E-state index contributed by atoms with van der Waals surface area (Å²) >= 11 is 0. The molecule has 6 nitrogen and oxygen atoms in total. The van der Waals surface area contributed by atoms with Gasteiger partial charge in [0.05, 0.1) is 6.26 Å². The van der Waals surface area contributed by atoms with Crippen LogP contribution in [0.25, 0.3) is 0 Å². The number of rotatable bonds is 5. The summed E-state index contributed by atoms with van der Waals surface area (Å²) in [7, 11) is -3.70. The molecule has 0 saturated heterocycles. The van der Waals surface area contributed by atoms with Crippen LogP contribution in [-0.2, 0) is 19.1 Å². The number of anilines is 1. The van der Waals surface area contributed by atoms with Gasteiger partial charge in [0.25, 0.3) is 16.0 Å². The summed E-state index contributed by atoms with van der Waals surface area (Å²) < 4.78 is 26.0. The quantitative estimate of drug-likeness (QED) is 0.755. The summed E-state index contributed by atoms with van der Waals surface area (Å²) in [5.41, 5.74) is -1.43. The fourth-order valence-electron chi connectivity index (χ4n) is 1.07. The van der Waals surface area contributed by atoms with Gasteiger partial charge in [0.15, 0.2) is 5.60 Å². The summed E-state index contributed by atoms with van der Waals surface area (Å²) in [6.45, 7) is 0.543. The summed E-state index contributed by atoms with van der Waals surface area (Å²) in [6.07, 6.45) is 0.845. The van der Waals surface area contributed by atoms with Crippen LogP contribution in [0.1, 0.15) is 6.92 Å². The minimum atomic E-state index is -3.70. The predicted octanol–water partition coefficient (Wildman–Crippen LogP) is 0.352. The van der Waals surface area contributed by atoms with Crippen molar-refractivity contribution in [3.8, 4) is 0 Å². The first kappa shape index (κ1) is 14.6. The molecule has 18 heavy (non-hydrogen) atoms. The molecule has 1 aromatic carbocycles. The Kier molecular flexibility index (Phi) is 4.44. The fraction of sp³-hybridized carbons (Fsp3) is 0.364. The van der Waals surface area contributed by atoms with Crippen molar-refractivity contribution in [2.24, 2.45) is 0 Å². The molecule has 0 fully saturated rings. The Hall–Kier alpha value is -1.44. The molecule has 0 spiro atoms. The minimum absolute atomic E-state index is 0.502. The van der Waals surface area contributed by atoms with Crippen LogP contribution in [0.3, 0.4) is 0 Å². The monoisotopic (exact) mass is 273 g/mol. The Morgan fingerprint density at radius 1 is 1.39 bits per heavy atom. The molecular weight excluding hydrogens is 258 g/mol. The van der Waals surface area contributed by atoms with Crippen molar-refractivity contribution < 1.29 is 22.5 Å². The largest absolute Gasteiger partial charge is 0.378 e. The standard InChI is InChI=1S/C11H15NO5S/c1-11(14,8-17-18(2,15)16)10(13)12-9-6-4-3-5-7-9/h3-7,14H,8H2,1-2H3,(H,12,13)/t11-/m0/s1. The van der Waals surface area contributed by atoms with Gasteiger partial charge in [0.1, 0.15) is 6.61 Å². The molecule has 0 saturated carbocycles. The molecule has 1 atom stereocenters. The lowest BCUT2D eigenvalue weighted by molar-refractivity contribution is -0.134. The molecule has 7 heteroatoms. The van der Waals surface area contributed by atoms with Crippen LogP contribution in [0.15, 0.2) is 30.3 Å². The molecule has 0 radical (unpaired) electrons. The van der Waals surface area contributed by atoms with E-state index in [1.807, 2.05) is 0 Å². The van der Waals surface area contributed by atoms with Gasteiger partial charge in [0, 0.05) is 5.69 Å². The highest BCUT2D eigenvalue weighted by atomic mass is 32.2. The molecule has 0 bridgehead atoms. The molecule has 0 aliphatic carbocycles. The molecule has 1 aromatic rings. The van der Waals surface area contributed by atoms with E-state index in [1.54, 1.807) is 30.3 Å². The second kappa shape index (κ2) is 5.47. The van der Waals surface area contributed by atoms with Gasteiger partial charge < -0.3 is 10.4 Å². The number of aliphatic hydroxyl groups is 1. The van der Waals surface area contributed by atoms with E-state index in [9.17, 15) is 18.3 Å². The van der Waals surface area contributed by atoms with Crippen LogP contribution >= 0.6 is 0 Å². The highest BCUT2D eigenvalue weighted by Gasteiger charge is 2.32. The number of carbonyl (C=O) groups is 1. The molecule has 100 valence electrons. The van der Waals surface area contributed by atoms with E-state index >= 15 is 0 Å². The molecule has 1 amide bonds. The van der Waals surface area contributed by atoms with Crippen molar-refractivity contribution in [3.05, 3.63) is 30.3 Å². The summed E-state index contributed by atoms with van der Waals surface area (Å²) in [5, 5.41) is 12.3. The van der Waals surface area contributed by atoms with E-state index in [1.165, 1.54) is 6.92 Å². The van der Waals surface area contributed by atoms with Crippen LogP contribution in [0.2, 0.25) is 0 Å². The van der Waals surface area contributed by atoms with Gasteiger partial charge in [-0.1, -0.05) is 18.2 Å². The first-order valence-electron chi connectivity index (χ1n) is 5.14. The molecular formula is C11H15NO5S. The maximum Gasteiger partial charge on any atom is 0.264 e. The Labute approximate surface area is 106 Å². The maximum atomic E-state index is 11.7. The van der Waals surface area contributed by atoms with E-state index in [0.717, 1.165) is 6.26 Å². The van der Waals surface area contributed by atoms with Gasteiger partial charge in [-0.25, -0.2) is 0 Å². The third-order valence-corrected chi connectivity index (χ3v) is 2.62. The second-order valence-corrected chi connectivity index (χ2v) is 5.70. The highest BCUT2D eigenvalue weighted by molar-refractivity contribution is 7.85. The van der Waals surface area contributed by atoms with Gasteiger partial charge in [0.2, 0.25) is 0 Å². The minimum Gasteiger partial charge on any atom is -0.378 e. The zero-order valence-corrected chi connectivity index (χ0v) is 10.9. The van der Waals surface area contributed by atoms with Crippen molar-refractivity contribution >= 4 is 21.7 Å². The van der Waals surface area contributed by atoms with Crippen LogP contribution < -0.4 is 5.32 Å². The number of hydrogen-bond donors (Lipinski definition) is 2. The molecule has 0 heterocycles. The lowest BCUT2D eigenvalue weighted by atomic mass is 10.1. The average molecular weight is 273 g/mol. The normalized spacial score (nSPS) is 14.8. The lowest BCUT2D eigenvalue weighted by Gasteiger charge is -2.21. The number of nitrogens with one attached hydrogen (secondary N) is 1. The Balaban J connectivity index is 2.65. The summed E-state index contributed by atoms with van der Waals surface area (Å²) in [5.74, 6) is -0.739. The van der Waals surface area contributed by atoms with Crippen molar-refractivity contribution in [3.63, 3.8) is 0 Å². The van der Waals surface area contributed by atoms with Crippen molar-refractivity contribution in [2.75, 3.05) is 18.2 Å². The van der Waals surface area contributed by atoms with E-state index < -0.39 is 28.2 Å².